The average molecular weight is 192 g/mol. The van der Waals surface area contributed by atoms with Gasteiger partial charge in [-0.3, -0.25) is 4.90 Å². The van der Waals surface area contributed by atoms with E-state index in [0.717, 1.165) is 13.0 Å². The van der Waals surface area contributed by atoms with Crippen molar-refractivity contribution < 1.29 is 0 Å². The zero-order valence-corrected chi connectivity index (χ0v) is 9.06. The minimum Gasteiger partial charge on any atom is -0.287 e. The normalized spacial score (nSPS) is 11.4. The lowest BCUT2D eigenvalue weighted by atomic mass is 10.4. The fraction of sp³-hybridized carbons (Fsp3) is 0.875. The van der Waals surface area contributed by atoms with Crippen molar-refractivity contribution in [1.29, 1.82) is 0 Å². The van der Waals surface area contributed by atoms with Gasteiger partial charge in [0.05, 0.1) is 6.01 Å². The summed E-state index contributed by atoms with van der Waals surface area (Å²) in [7, 11) is 4.01. The summed E-state index contributed by atoms with van der Waals surface area (Å²) >= 11 is 0. The van der Waals surface area contributed by atoms with Crippen LogP contribution in [0, 0.1) is 0 Å². The van der Waals surface area contributed by atoms with Gasteiger partial charge in [0, 0.05) is 6.54 Å². The minimum absolute atomic E-state index is 0. The van der Waals surface area contributed by atoms with Crippen molar-refractivity contribution in [2.75, 3.05) is 20.6 Å². The fourth-order valence-electron chi connectivity index (χ4n) is 0.750. The highest BCUT2D eigenvalue weighted by atomic mass is 35.5. The lowest BCUT2D eigenvalue weighted by Gasteiger charge is -2.15. The molecule has 0 rings (SSSR count). The largest absolute Gasteiger partial charge is 0.287 e. The van der Waals surface area contributed by atoms with Gasteiger partial charge in [0.15, 0.2) is 0 Å². The Kier molecular flexibility index (Phi) is 10.3. The Bertz CT molecular complexity index is 150. The average Bonchev–Trinajstić information content (AvgIpc) is 1.97. The molecule has 0 radical (unpaired) electrons. The topological polar surface area (TPSA) is 28.0 Å². The molecule has 0 heterocycles. The van der Waals surface area contributed by atoms with E-state index in [2.05, 4.69) is 27.8 Å². The van der Waals surface area contributed by atoms with E-state index < -0.39 is 0 Å². The summed E-state index contributed by atoms with van der Waals surface area (Å²) in [6.07, 6.45) is 1.23. The van der Waals surface area contributed by atoms with Crippen LogP contribution in [0.2, 0.25) is 0 Å². The van der Waals surface area contributed by atoms with Crippen LogP contribution in [0.1, 0.15) is 20.3 Å². The van der Waals surface area contributed by atoms with Gasteiger partial charge in [-0.2, -0.15) is 0 Å². The van der Waals surface area contributed by atoms with Gasteiger partial charge in [-0.25, -0.2) is 9.98 Å². The van der Waals surface area contributed by atoms with Gasteiger partial charge in [-0.15, -0.1) is 12.4 Å². The Balaban J connectivity index is 0. The molecular weight excluding hydrogens is 174 g/mol. The van der Waals surface area contributed by atoms with Crippen LogP contribution >= 0.6 is 12.4 Å². The van der Waals surface area contributed by atoms with Crippen molar-refractivity contribution in [2.45, 2.75) is 26.4 Å². The smallest absolute Gasteiger partial charge is 0.112 e. The molecule has 0 aromatic carbocycles. The summed E-state index contributed by atoms with van der Waals surface area (Å²) in [6, 6.07) is 2.68. The highest BCUT2D eigenvalue weighted by Gasteiger charge is 2.03. The zero-order valence-electron chi connectivity index (χ0n) is 8.24. The second kappa shape index (κ2) is 8.72. The van der Waals surface area contributed by atoms with Crippen LogP contribution in [-0.2, 0) is 0 Å². The SMILES string of the molecule is CCN=C=N[C@@H](CC)N(C)C.Cl. The van der Waals surface area contributed by atoms with E-state index in [1.54, 1.807) is 0 Å². The third kappa shape index (κ3) is 6.35. The van der Waals surface area contributed by atoms with Crippen LogP contribution in [0.5, 0.6) is 0 Å². The predicted molar refractivity (Wildman–Crippen MR) is 55.4 cm³/mol. The van der Waals surface area contributed by atoms with E-state index in [9.17, 15) is 0 Å². The van der Waals surface area contributed by atoms with E-state index in [4.69, 9.17) is 0 Å². The Morgan fingerprint density at radius 2 is 1.92 bits per heavy atom. The minimum atomic E-state index is 0. The number of rotatable bonds is 4. The maximum atomic E-state index is 4.14. The van der Waals surface area contributed by atoms with Crippen LogP contribution in [0.3, 0.4) is 0 Å². The molecule has 4 heteroatoms. The number of hydrogen-bond acceptors (Lipinski definition) is 3. The molecule has 0 aliphatic rings. The lowest BCUT2D eigenvalue weighted by molar-refractivity contribution is 0.296. The Morgan fingerprint density at radius 1 is 1.33 bits per heavy atom. The van der Waals surface area contributed by atoms with Crippen LogP contribution < -0.4 is 0 Å². The predicted octanol–water partition coefficient (Wildman–Crippen LogP) is 1.90. The molecule has 0 aromatic heterocycles. The molecule has 12 heavy (non-hydrogen) atoms. The van der Waals surface area contributed by atoms with Gasteiger partial charge in [0.1, 0.15) is 6.17 Å². The molecular formula is C8H18ClN3. The molecule has 0 spiro atoms. The molecule has 0 aliphatic heterocycles. The molecule has 0 bridgehead atoms. The molecule has 0 saturated carbocycles. The maximum Gasteiger partial charge on any atom is 0.112 e. The Morgan fingerprint density at radius 3 is 2.25 bits per heavy atom. The first kappa shape index (κ1) is 14.2. The van der Waals surface area contributed by atoms with Crippen molar-refractivity contribution >= 4 is 18.4 Å². The van der Waals surface area contributed by atoms with Gasteiger partial charge in [0.25, 0.3) is 0 Å². The van der Waals surface area contributed by atoms with Crippen LogP contribution in [0.25, 0.3) is 0 Å². The molecule has 0 N–H and O–H groups in total. The quantitative estimate of drug-likeness (QED) is 0.624. The fourth-order valence-corrected chi connectivity index (χ4v) is 0.750. The Hall–Kier alpha value is -0.370. The van der Waals surface area contributed by atoms with Crippen molar-refractivity contribution in [3.63, 3.8) is 0 Å². The molecule has 0 unspecified atom stereocenters. The first-order valence-corrected chi connectivity index (χ1v) is 4.00. The molecule has 0 saturated heterocycles. The number of aliphatic imine (C=N–C) groups is 2. The lowest BCUT2D eigenvalue weighted by Crippen LogP contribution is -2.24. The number of halogens is 1. The standard InChI is InChI=1S/C8H17N3.ClH/c1-5-8(11(3)4)10-7-9-6-2;/h8H,5-6H2,1-4H3;1H/t8-;/m1./s1. The molecule has 0 aromatic rings. The van der Waals surface area contributed by atoms with Gasteiger partial charge in [-0.1, -0.05) is 6.92 Å². The van der Waals surface area contributed by atoms with Crippen LogP contribution in [0.4, 0.5) is 0 Å². The summed E-state index contributed by atoms with van der Waals surface area (Å²) in [5.41, 5.74) is 0. The van der Waals surface area contributed by atoms with Crippen molar-refractivity contribution in [3.05, 3.63) is 0 Å². The van der Waals surface area contributed by atoms with E-state index in [0.29, 0.717) is 0 Å². The molecule has 0 amide bonds. The van der Waals surface area contributed by atoms with Crippen molar-refractivity contribution in [3.8, 4) is 0 Å². The van der Waals surface area contributed by atoms with E-state index >= 15 is 0 Å². The number of nitrogens with zero attached hydrogens (tertiary/aromatic N) is 3. The van der Waals surface area contributed by atoms with Crippen molar-refractivity contribution in [2.24, 2.45) is 9.98 Å². The molecule has 1 atom stereocenters. The monoisotopic (exact) mass is 191 g/mol. The summed E-state index contributed by atoms with van der Waals surface area (Å²) < 4.78 is 0. The van der Waals surface area contributed by atoms with Crippen LogP contribution in [0.15, 0.2) is 9.98 Å². The van der Waals surface area contributed by atoms with Gasteiger partial charge >= 0.3 is 0 Å². The van der Waals surface area contributed by atoms with E-state index in [1.165, 1.54) is 0 Å². The first-order valence-electron chi connectivity index (χ1n) is 4.00. The second-order valence-electron chi connectivity index (χ2n) is 2.56. The summed E-state index contributed by atoms with van der Waals surface area (Å²) in [5.74, 6) is 0. The van der Waals surface area contributed by atoms with Crippen molar-refractivity contribution in [1.82, 2.24) is 4.90 Å². The third-order valence-electron chi connectivity index (χ3n) is 1.40. The van der Waals surface area contributed by atoms with E-state index in [-0.39, 0.29) is 18.6 Å². The first-order chi connectivity index (χ1) is 5.22. The second-order valence-corrected chi connectivity index (χ2v) is 2.56. The molecule has 3 nitrogen and oxygen atoms in total. The Labute approximate surface area is 81.0 Å². The van der Waals surface area contributed by atoms with Gasteiger partial charge in [-0.05, 0) is 27.4 Å². The highest BCUT2D eigenvalue weighted by Crippen LogP contribution is 1.97. The summed E-state index contributed by atoms with van der Waals surface area (Å²) in [5, 5.41) is 0. The highest BCUT2D eigenvalue weighted by molar-refractivity contribution is 5.85. The summed E-state index contributed by atoms with van der Waals surface area (Å²) in [4.78, 5) is 10.1. The van der Waals surface area contributed by atoms with Gasteiger partial charge in [0.2, 0.25) is 0 Å². The summed E-state index contributed by atoms with van der Waals surface area (Å²) in [6.45, 7) is 4.83. The third-order valence-corrected chi connectivity index (χ3v) is 1.40. The molecule has 72 valence electrons. The molecule has 0 fully saturated rings. The maximum absolute atomic E-state index is 4.14. The van der Waals surface area contributed by atoms with Gasteiger partial charge < -0.3 is 0 Å². The zero-order chi connectivity index (χ0) is 8.69. The molecule has 0 aliphatic carbocycles. The number of hydrogen-bond donors (Lipinski definition) is 0. The van der Waals surface area contributed by atoms with E-state index in [1.807, 2.05) is 21.0 Å². The van der Waals surface area contributed by atoms with Crippen LogP contribution in [-0.4, -0.2) is 37.7 Å².